The third kappa shape index (κ3) is 16.9. The third-order valence-electron chi connectivity index (χ3n) is 9.76. The number of hydrogen-bond donors (Lipinski definition) is 7. The van der Waals surface area contributed by atoms with Gasteiger partial charge in [0, 0.05) is 71.7 Å². The van der Waals surface area contributed by atoms with Crippen LogP contribution < -0.4 is 31.9 Å². The number of rotatable bonds is 28. The Morgan fingerprint density at radius 3 is 2.05 bits per heavy atom. The number of amides is 6. The molecule has 4 rings (SSSR count). The van der Waals surface area contributed by atoms with Crippen molar-refractivity contribution in [2.24, 2.45) is 0 Å². The van der Waals surface area contributed by atoms with Gasteiger partial charge in [0.2, 0.25) is 17.7 Å². The van der Waals surface area contributed by atoms with Gasteiger partial charge in [-0.25, -0.2) is 4.79 Å². The number of hydrogen-bond acceptors (Lipinski definition) is 10. The van der Waals surface area contributed by atoms with E-state index in [0.717, 1.165) is 37.9 Å². The first-order valence-corrected chi connectivity index (χ1v) is 23.6. The highest BCUT2D eigenvalue weighted by Gasteiger charge is 2.42. The normalized spacial score (nSPS) is 17.3. The molecule has 6 amide bonds. The van der Waals surface area contributed by atoms with Crippen LogP contribution in [0.1, 0.15) is 103 Å². The zero-order valence-corrected chi connectivity index (χ0v) is 35.2. The first-order valence-electron chi connectivity index (χ1n) is 20.1. The fourth-order valence-corrected chi connectivity index (χ4v) is 10.0. The zero-order chi connectivity index (χ0) is 41.5. The van der Waals surface area contributed by atoms with E-state index < -0.39 is 17.9 Å². The van der Waals surface area contributed by atoms with Gasteiger partial charge >= 0.3 is 12.0 Å². The molecule has 2 fully saturated rings. The van der Waals surface area contributed by atoms with E-state index in [1.165, 1.54) is 21.6 Å². The fraction of sp³-hybridized carbons (Fsp3) is 0.537. The quantitative estimate of drug-likeness (QED) is 0.0270. The van der Waals surface area contributed by atoms with Gasteiger partial charge in [0.25, 0.3) is 5.91 Å². The predicted octanol–water partition coefficient (Wildman–Crippen LogP) is 4.68. The van der Waals surface area contributed by atoms with Crippen LogP contribution in [0.2, 0.25) is 0 Å². The topological polar surface area (TPSA) is 212 Å². The van der Waals surface area contributed by atoms with Crippen LogP contribution >= 0.6 is 33.3 Å². The molecule has 4 unspecified atom stereocenters. The maximum Gasteiger partial charge on any atom is 0.315 e. The highest BCUT2D eigenvalue weighted by atomic mass is 33.1. The van der Waals surface area contributed by atoms with Crippen molar-refractivity contribution in [3.05, 3.63) is 71.3 Å². The molecule has 4 atom stereocenters. The van der Waals surface area contributed by atoms with Crippen LogP contribution in [0.3, 0.4) is 0 Å². The van der Waals surface area contributed by atoms with E-state index >= 15 is 0 Å². The molecule has 2 aromatic rings. The number of carbonyl (C=O) groups is 7. The lowest BCUT2D eigenvalue weighted by atomic mass is 10.0. The Kier molecular flexibility index (Phi) is 20.8. The van der Waals surface area contributed by atoms with Gasteiger partial charge < -0.3 is 37.0 Å². The Balaban J connectivity index is 1.08. The Morgan fingerprint density at radius 2 is 1.34 bits per heavy atom. The van der Waals surface area contributed by atoms with Crippen LogP contribution in [-0.4, -0.2) is 107 Å². The molecule has 58 heavy (non-hydrogen) atoms. The maximum atomic E-state index is 13.2. The van der Waals surface area contributed by atoms with Gasteiger partial charge in [-0.05, 0) is 57.1 Å². The number of thioether (sulfide) groups is 1. The van der Waals surface area contributed by atoms with E-state index in [1.807, 2.05) is 17.8 Å². The van der Waals surface area contributed by atoms with E-state index in [2.05, 4.69) is 31.9 Å². The minimum Gasteiger partial charge on any atom is -0.481 e. The minimum atomic E-state index is -0.859. The molecule has 2 saturated heterocycles. The first kappa shape index (κ1) is 46.5. The molecule has 2 aromatic carbocycles. The second kappa shape index (κ2) is 26.0. The number of aliphatic carboxylic acids is 1. The highest BCUT2D eigenvalue weighted by molar-refractivity contribution is 8.76. The molecule has 0 saturated carbocycles. The second-order valence-corrected chi connectivity index (χ2v) is 18.2. The van der Waals surface area contributed by atoms with E-state index in [4.69, 9.17) is 5.11 Å². The number of carboxylic acids is 1. The molecule has 0 aromatic heterocycles. The molecule has 0 spiro atoms. The van der Waals surface area contributed by atoms with Crippen LogP contribution in [0, 0.1) is 0 Å². The summed E-state index contributed by atoms with van der Waals surface area (Å²) in [5.74, 6) is 0.145. The Hall–Kier alpha value is -4.22. The Bertz CT molecular complexity index is 1670. The van der Waals surface area contributed by atoms with Crippen molar-refractivity contribution >= 4 is 74.8 Å². The summed E-state index contributed by atoms with van der Waals surface area (Å²) in [6.45, 7) is 1.36. The van der Waals surface area contributed by atoms with Crippen molar-refractivity contribution in [3.63, 3.8) is 0 Å². The standard InChI is InChI=1S/C41H56N6O8S3/c48-34(15-5-2-9-22-42-35(49)16-7-6-14-33-37-32(27-56-33)46-41(55)47-37)43-23-10-8-13-31(40(54)44-24-26-58-57-25-21-36(50)51)45-39(53)30-19-17-29(18-20-30)38(52)28-11-3-1-4-12-28/h1,3-4,11-12,17-20,31-33,37H,2,5-10,13-16,21-27H2,(H,42,49)(H,43,48)(H,44,54)(H,45,53)(H,50,51)(H2,46,47,55). The lowest BCUT2D eigenvalue weighted by molar-refractivity contribution is -0.136. The maximum absolute atomic E-state index is 13.2. The van der Waals surface area contributed by atoms with Crippen LogP contribution in [0.15, 0.2) is 54.6 Å². The summed E-state index contributed by atoms with van der Waals surface area (Å²) in [5.41, 5.74) is 1.29. The summed E-state index contributed by atoms with van der Waals surface area (Å²) in [6.07, 6.45) is 7.52. The summed E-state index contributed by atoms with van der Waals surface area (Å²) in [7, 11) is 2.89. The molecule has 2 heterocycles. The molecular formula is C41H56N6O8S3. The van der Waals surface area contributed by atoms with Crippen molar-refractivity contribution in [2.45, 2.75) is 100 Å². The SMILES string of the molecule is O=C(O)CCSSCCNC(=O)C(CCCCNC(=O)CCCCCNC(=O)CCCCC1SCC2NC(=O)NC21)NC(=O)c1ccc(C(=O)c2ccccc2)cc1. The lowest BCUT2D eigenvalue weighted by Gasteiger charge is -2.19. The van der Waals surface area contributed by atoms with Crippen molar-refractivity contribution in [1.82, 2.24) is 31.9 Å². The summed E-state index contributed by atoms with van der Waals surface area (Å²) >= 11 is 1.88. The van der Waals surface area contributed by atoms with Crippen molar-refractivity contribution in [2.75, 3.05) is 36.9 Å². The average molecular weight is 857 g/mol. The Morgan fingerprint density at radius 1 is 0.707 bits per heavy atom. The zero-order valence-electron chi connectivity index (χ0n) is 32.8. The number of urea groups is 1. The third-order valence-corrected chi connectivity index (χ3v) is 13.7. The minimum absolute atomic E-state index is 0.0405. The van der Waals surface area contributed by atoms with Crippen molar-refractivity contribution < 1.29 is 38.7 Å². The molecule has 2 aliphatic rings. The number of carbonyl (C=O) groups excluding carboxylic acids is 6. The number of ketones is 1. The molecular weight excluding hydrogens is 801 g/mol. The number of nitrogens with one attached hydrogen (secondary N) is 6. The first-order chi connectivity index (χ1) is 28.1. The molecule has 0 bridgehead atoms. The highest BCUT2D eigenvalue weighted by Crippen LogP contribution is 2.33. The number of unbranched alkanes of at least 4 members (excludes halogenated alkanes) is 4. The second-order valence-electron chi connectivity index (χ2n) is 14.3. The molecule has 17 heteroatoms. The van der Waals surface area contributed by atoms with Gasteiger partial charge in [0.1, 0.15) is 6.04 Å². The lowest BCUT2D eigenvalue weighted by Crippen LogP contribution is -2.47. The largest absolute Gasteiger partial charge is 0.481 e. The van der Waals surface area contributed by atoms with Crippen molar-refractivity contribution in [3.8, 4) is 0 Å². The molecule has 0 radical (unpaired) electrons. The smallest absolute Gasteiger partial charge is 0.315 e. The Labute approximate surface area is 352 Å². The van der Waals surface area contributed by atoms with E-state index in [0.29, 0.717) is 91.6 Å². The number of fused-ring (bicyclic) bond motifs is 1. The molecule has 0 aliphatic carbocycles. The molecule has 7 N–H and O–H groups in total. The van der Waals surface area contributed by atoms with E-state index in [1.54, 1.807) is 48.5 Å². The van der Waals surface area contributed by atoms with Gasteiger partial charge in [-0.3, -0.25) is 28.8 Å². The molecule has 2 aliphatic heterocycles. The van der Waals surface area contributed by atoms with Crippen molar-refractivity contribution in [1.29, 1.82) is 0 Å². The van der Waals surface area contributed by atoms with Crippen LogP contribution in [0.5, 0.6) is 0 Å². The predicted molar refractivity (Wildman–Crippen MR) is 230 cm³/mol. The van der Waals surface area contributed by atoms with Crippen LogP contribution in [0.25, 0.3) is 0 Å². The van der Waals surface area contributed by atoms with Gasteiger partial charge in [-0.1, -0.05) is 76.9 Å². The number of carboxylic acid groups (broad SMARTS) is 1. The summed E-state index contributed by atoms with van der Waals surface area (Å²) < 4.78 is 0. The van der Waals surface area contributed by atoms with Gasteiger partial charge in [0.15, 0.2) is 5.78 Å². The summed E-state index contributed by atoms with van der Waals surface area (Å²) in [4.78, 5) is 86.1. The fourth-order valence-electron chi connectivity index (χ4n) is 6.59. The van der Waals surface area contributed by atoms with E-state index in [-0.39, 0.29) is 48.0 Å². The van der Waals surface area contributed by atoms with Gasteiger partial charge in [0.05, 0.1) is 18.5 Å². The van der Waals surface area contributed by atoms with Gasteiger partial charge in [-0.2, -0.15) is 11.8 Å². The van der Waals surface area contributed by atoms with Crippen LogP contribution in [-0.2, 0) is 19.2 Å². The average Bonchev–Trinajstić information content (AvgIpc) is 3.78. The summed E-state index contributed by atoms with van der Waals surface area (Å²) in [5, 5.41) is 26.7. The van der Waals surface area contributed by atoms with E-state index in [9.17, 15) is 33.6 Å². The van der Waals surface area contributed by atoms with Crippen LogP contribution in [0.4, 0.5) is 4.79 Å². The summed E-state index contributed by atoms with van der Waals surface area (Å²) in [6, 6.07) is 14.6. The molecule has 14 nitrogen and oxygen atoms in total. The number of benzene rings is 2. The molecule has 316 valence electrons. The monoisotopic (exact) mass is 856 g/mol. The van der Waals surface area contributed by atoms with Gasteiger partial charge in [-0.15, -0.1) is 0 Å².